The van der Waals surface area contributed by atoms with Crippen LogP contribution in [-0.4, -0.2) is 36.7 Å². The van der Waals surface area contributed by atoms with Gasteiger partial charge in [0.05, 0.1) is 7.11 Å². The molecule has 1 saturated heterocycles. The molecule has 0 saturated carbocycles. The van der Waals surface area contributed by atoms with Crippen LogP contribution >= 0.6 is 0 Å². The van der Waals surface area contributed by atoms with Crippen molar-refractivity contribution in [1.82, 2.24) is 10.2 Å². The third-order valence-electron chi connectivity index (χ3n) is 4.80. The number of hydrogen-bond donors (Lipinski definition) is 1. The van der Waals surface area contributed by atoms with Gasteiger partial charge < -0.3 is 10.1 Å². The average molecular weight is 276 g/mol. The zero-order valence-electron chi connectivity index (χ0n) is 13.3. The predicted molar refractivity (Wildman–Crippen MR) is 84.2 cm³/mol. The van der Waals surface area contributed by atoms with E-state index in [1.165, 1.54) is 18.4 Å². The molecule has 20 heavy (non-hydrogen) atoms. The summed E-state index contributed by atoms with van der Waals surface area (Å²) in [6.45, 7) is 10.1. The summed E-state index contributed by atoms with van der Waals surface area (Å²) in [6, 6.07) is 9.04. The minimum absolute atomic E-state index is 0.291. The van der Waals surface area contributed by atoms with Gasteiger partial charge in [0.15, 0.2) is 0 Å². The maximum absolute atomic E-state index is 5.22. The first-order valence-corrected chi connectivity index (χ1v) is 7.74. The Morgan fingerprint density at radius 1 is 1.25 bits per heavy atom. The summed E-state index contributed by atoms with van der Waals surface area (Å²) in [4.78, 5) is 2.60. The van der Waals surface area contributed by atoms with E-state index in [2.05, 4.69) is 55.3 Å². The van der Waals surface area contributed by atoms with Crippen molar-refractivity contribution < 1.29 is 4.74 Å². The first kappa shape index (κ1) is 15.3. The van der Waals surface area contributed by atoms with Crippen LogP contribution in [0.25, 0.3) is 0 Å². The second-order valence-corrected chi connectivity index (χ2v) is 5.97. The zero-order valence-corrected chi connectivity index (χ0v) is 13.3. The molecule has 2 rings (SSSR count). The molecule has 112 valence electrons. The molecule has 0 amide bonds. The van der Waals surface area contributed by atoms with Crippen LogP contribution in [0.3, 0.4) is 0 Å². The van der Waals surface area contributed by atoms with Crippen LogP contribution in [0.2, 0.25) is 0 Å². The highest BCUT2D eigenvalue weighted by molar-refractivity contribution is 5.27. The van der Waals surface area contributed by atoms with Crippen LogP contribution in [0.4, 0.5) is 0 Å². The molecule has 1 heterocycles. The van der Waals surface area contributed by atoms with E-state index in [1.54, 1.807) is 7.11 Å². The van der Waals surface area contributed by atoms with Gasteiger partial charge in [-0.3, -0.25) is 4.90 Å². The minimum Gasteiger partial charge on any atom is -0.497 e. The highest BCUT2D eigenvalue weighted by Crippen LogP contribution is 2.24. The molecule has 1 aliphatic heterocycles. The molecule has 1 unspecified atom stereocenters. The number of hydrogen-bond acceptors (Lipinski definition) is 3. The molecule has 0 aromatic heterocycles. The Hall–Kier alpha value is -1.06. The van der Waals surface area contributed by atoms with Crippen LogP contribution in [0.5, 0.6) is 5.75 Å². The van der Waals surface area contributed by atoms with Crippen molar-refractivity contribution in [2.75, 3.05) is 20.2 Å². The molecular weight excluding hydrogens is 248 g/mol. The van der Waals surface area contributed by atoms with E-state index in [1.807, 2.05) is 0 Å². The van der Waals surface area contributed by atoms with Gasteiger partial charge in [-0.2, -0.15) is 0 Å². The van der Waals surface area contributed by atoms with E-state index < -0.39 is 0 Å². The Kier molecular flexibility index (Phi) is 5.06. The maximum atomic E-state index is 5.22. The number of ether oxygens (including phenoxy) is 1. The van der Waals surface area contributed by atoms with Crippen LogP contribution in [0.1, 0.15) is 39.2 Å². The van der Waals surface area contributed by atoms with Crippen molar-refractivity contribution in [3.05, 3.63) is 29.8 Å². The first-order chi connectivity index (χ1) is 9.62. The van der Waals surface area contributed by atoms with Crippen molar-refractivity contribution in [3.63, 3.8) is 0 Å². The van der Waals surface area contributed by atoms with Gasteiger partial charge in [-0.25, -0.2) is 0 Å². The lowest BCUT2D eigenvalue weighted by Gasteiger charge is -2.46. The van der Waals surface area contributed by atoms with Gasteiger partial charge in [-0.15, -0.1) is 0 Å². The molecule has 1 aromatic carbocycles. The van der Waals surface area contributed by atoms with E-state index in [0.717, 1.165) is 25.4 Å². The third kappa shape index (κ3) is 3.33. The average Bonchev–Trinajstić information content (AvgIpc) is 2.50. The normalized spacial score (nSPS) is 22.7. The van der Waals surface area contributed by atoms with Crippen molar-refractivity contribution in [2.24, 2.45) is 0 Å². The van der Waals surface area contributed by atoms with Gasteiger partial charge >= 0.3 is 0 Å². The van der Waals surface area contributed by atoms with Crippen LogP contribution in [-0.2, 0) is 6.54 Å². The second kappa shape index (κ2) is 6.59. The van der Waals surface area contributed by atoms with E-state index in [0.29, 0.717) is 11.6 Å². The Labute approximate surface area is 123 Å². The van der Waals surface area contributed by atoms with E-state index in [-0.39, 0.29) is 0 Å². The molecule has 3 nitrogen and oxygen atoms in total. The topological polar surface area (TPSA) is 24.5 Å². The summed E-state index contributed by atoms with van der Waals surface area (Å²) in [5, 5.41) is 3.75. The highest BCUT2D eigenvalue weighted by atomic mass is 16.5. The molecular formula is C17H28N2O. The fourth-order valence-electron chi connectivity index (χ4n) is 2.99. The fraction of sp³-hybridized carbons (Fsp3) is 0.647. The van der Waals surface area contributed by atoms with Gasteiger partial charge in [0.25, 0.3) is 0 Å². The second-order valence-electron chi connectivity index (χ2n) is 5.97. The summed E-state index contributed by atoms with van der Waals surface area (Å²) >= 11 is 0. The summed E-state index contributed by atoms with van der Waals surface area (Å²) in [5.74, 6) is 0.929. The van der Waals surface area contributed by atoms with Gasteiger partial charge in [0.2, 0.25) is 0 Å². The molecule has 0 radical (unpaired) electrons. The number of methoxy groups -OCH3 is 1. The largest absolute Gasteiger partial charge is 0.497 e. The molecule has 1 aliphatic rings. The molecule has 1 fully saturated rings. The molecule has 0 aliphatic carbocycles. The Morgan fingerprint density at radius 3 is 2.45 bits per heavy atom. The van der Waals surface area contributed by atoms with Crippen molar-refractivity contribution >= 4 is 0 Å². The minimum atomic E-state index is 0.291. The molecule has 1 atom stereocenters. The Balaban J connectivity index is 2.05. The molecule has 3 heteroatoms. The van der Waals surface area contributed by atoms with Gasteiger partial charge in [-0.05, 0) is 37.5 Å². The number of rotatable bonds is 5. The van der Waals surface area contributed by atoms with E-state index >= 15 is 0 Å². The van der Waals surface area contributed by atoms with Crippen molar-refractivity contribution in [2.45, 2.75) is 51.7 Å². The van der Waals surface area contributed by atoms with Crippen LogP contribution in [0.15, 0.2) is 24.3 Å². The van der Waals surface area contributed by atoms with Gasteiger partial charge in [-0.1, -0.05) is 26.0 Å². The highest BCUT2D eigenvalue weighted by Gasteiger charge is 2.34. The summed E-state index contributed by atoms with van der Waals surface area (Å²) in [7, 11) is 1.71. The van der Waals surface area contributed by atoms with E-state index in [9.17, 15) is 0 Å². The molecule has 1 aromatic rings. The first-order valence-electron chi connectivity index (χ1n) is 7.74. The Bertz CT molecular complexity index is 412. The summed E-state index contributed by atoms with van der Waals surface area (Å²) in [6.07, 6.45) is 2.38. The maximum Gasteiger partial charge on any atom is 0.118 e. The molecule has 1 N–H and O–H groups in total. The smallest absolute Gasteiger partial charge is 0.118 e. The zero-order chi connectivity index (χ0) is 14.6. The van der Waals surface area contributed by atoms with Crippen molar-refractivity contribution in [1.29, 1.82) is 0 Å². The summed E-state index contributed by atoms with van der Waals surface area (Å²) < 4.78 is 5.22. The molecule has 0 bridgehead atoms. The third-order valence-corrected chi connectivity index (χ3v) is 4.80. The fourth-order valence-corrected chi connectivity index (χ4v) is 2.99. The number of piperazine rings is 1. The van der Waals surface area contributed by atoms with Crippen molar-refractivity contribution in [3.8, 4) is 5.75 Å². The lowest BCUT2D eigenvalue weighted by atomic mass is 9.88. The SMILES string of the molecule is CCC1(CC)CN(Cc2ccc(OC)cc2)C(C)CN1. The van der Waals surface area contributed by atoms with E-state index in [4.69, 9.17) is 4.74 Å². The lowest BCUT2D eigenvalue weighted by molar-refractivity contribution is 0.0746. The molecule has 0 spiro atoms. The quantitative estimate of drug-likeness (QED) is 0.894. The van der Waals surface area contributed by atoms with Gasteiger partial charge in [0, 0.05) is 31.2 Å². The van der Waals surface area contributed by atoms with Crippen LogP contribution < -0.4 is 10.1 Å². The standard InChI is InChI=1S/C17H28N2O/c1-5-17(6-2)13-19(14(3)11-18-17)12-15-7-9-16(20-4)10-8-15/h7-10,14,18H,5-6,11-13H2,1-4H3. The summed E-state index contributed by atoms with van der Waals surface area (Å²) in [5.41, 5.74) is 1.65. The number of nitrogens with one attached hydrogen (secondary N) is 1. The van der Waals surface area contributed by atoms with Crippen LogP contribution in [0, 0.1) is 0 Å². The monoisotopic (exact) mass is 276 g/mol. The predicted octanol–water partition coefficient (Wildman–Crippen LogP) is 3.05. The number of nitrogens with zero attached hydrogens (tertiary/aromatic N) is 1. The lowest BCUT2D eigenvalue weighted by Crippen LogP contribution is -2.62. The number of benzene rings is 1. The Morgan fingerprint density at radius 2 is 1.90 bits per heavy atom. The van der Waals surface area contributed by atoms with Gasteiger partial charge in [0.1, 0.15) is 5.75 Å².